The Kier molecular flexibility index (Phi) is 7.60. The minimum Gasteiger partial charge on any atom is -0.508 e. The van der Waals surface area contributed by atoms with Gasteiger partial charge < -0.3 is 15.3 Å². The van der Waals surface area contributed by atoms with E-state index in [0.717, 1.165) is 35.4 Å². The van der Waals surface area contributed by atoms with Crippen LogP contribution in [0.5, 0.6) is 5.75 Å². The van der Waals surface area contributed by atoms with Gasteiger partial charge in [0.1, 0.15) is 11.8 Å². The average molecular weight is 469 g/mol. The van der Waals surface area contributed by atoms with Gasteiger partial charge in [-0.3, -0.25) is 9.59 Å². The molecular weight excluding hydrogens is 440 g/mol. The minimum atomic E-state index is -0.757. The van der Waals surface area contributed by atoms with Crippen molar-refractivity contribution >= 4 is 34.5 Å². The highest BCUT2D eigenvalue weighted by atomic mass is 32.1. The molecule has 1 aliphatic rings. The first-order valence-electron chi connectivity index (χ1n) is 11.0. The molecule has 32 heavy (non-hydrogen) atoms. The summed E-state index contributed by atoms with van der Waals surface area (Å²) in [6, 6.07) is 13.8. The summed E-state index contributed by atoms with van der Waals surface area (Å²) in [6.07, 6.45) is 5.65. The predicted octanol–water partition coefficient (Wildman–Crippen LogP) is 5.28. The van der Waals surface area contributed by atoms with Gasteiger partial charge in [-0.05, 0) is 53.4 Å². The molecular formula is C25H28N2O3S2. The Labute approximate surface area is 196 Å². The second-order valence-corrected chi connectivity index (χ2v) is 10.3. The van der Waals surface area contributed by atoms with E-state index in [1.807, 2.05) is 35.0 Å². The third-order valence-corrected chi connectivity index (χ3v) is 7.59. The largest absolute Gasteiger partial charge is 0.508 e. The Hall–Kier alpha value is -2.64. The summed E-state index contributed by atoms with van der Waals surface area (Å²) in [6.45, 7) is 0.367. The van der Waals surface area contributed by atoms with Gasteiger partial charge in [0, 0.05) is 15.8 Å². The number of hydrogen-bond acceptors (Lipinski definition) is 5. The van der Waals surface area contributed by atoms with Crippen LogP contribution in [0, 0.1) is 0 Å². The fourth-order valence-electron chi connectivity index (χ4n) is 4.21. The summed E-state index contributed by atoms with van der Waals surface area (Å²) in [4.78, 5) is 30.8. The number of aromatic hydroxyl groups is 1. The van der Waals surface area contributed by atoms with Crippen molar-refractivity contribution in [1.29, 1.82) is 0 Å². The number of hydrogen-bond donors (Lipinski definition) is 2. The van der Waals surface area contributed by atoms with Gasteiger partial charge in [0.25, 0.3) is 0 Å². The zero-order valence-electron chi connectivity index (χ0n) is 17.9. The molecule has 3 aromatic rings. The highest BCUT2D eigenvalue weighted by Gasteiger charge is 2.33. The summed E-state index contributed by atoms with van der Waals surface area (Å²) in [5.74, 6) is -0.105. The molecule has 0 saturated heterocycles. The van der Waals surface area contributed by atoms with E-state index in [9.17, 15) is 14.7 Å². The van der Waals surface area contributed by atoms with Gasteiger partial charge in [-0.2, -0.15) is 0 Å². The maximum atomic E-state index is 13.6. The SMILES string of the molecule is O=C(NC1CCCCC1)C(c1ccc(O)cc1)N(Cc1cccs1)C(=O)Cc1cccs1. The minimum absolute atomic E-state index is 0.0854. The van der Waals surface area contributed by atoms with Crippen LogP contribution in [-0.4, -0.2) is 27.9 Å². The molecule has 4 rings (SSSR count). The summed E-state index contributed by atoms with van der Waals surface area (Å²) < 4.78 is 0. The molecule has 7 heteroatoms. The van der Waals surface area contributed by atoms with Crippen LogP contribution < -0.4 is 5.32 Å². The van der Waals surface area contributed by atoms with Crippen LogP contribution in [0.25, 0.3) is 0 Å². The molecule has 2 heterocycles. The topological polar surface area (TPSA) is 69.6 Å². The molecule has 1 saturated carbocycles. The maximum absolute atomic E-state index is 13.6. The van der Waals surface area contributed by atoms with Gasteiger partial charge in [0.05, 0.1) is 13.0 Å². The lowest BCUT2D eigenvalue weighted by molar-refractivity contribution is -0.141. The second kappa shape index (κ2) is 10.8. The highest BCUT2D eigenvalue weighted by Crippen LogP contribution is 2.29. The number of benzene rings is 1. The quantitative estimate of drug-likeness (QED) is 0.473. The van der Waals surface area contributed by atoms with Crippen LogP contribution in [0.4, 0.5) is 0 Å². The molecule has 2 aromatic heterocycles. The molecule has 0 radical (unpaired) electrons. The van der Waals surface area contributed by atoms with Crippen molar-refractivity contribution in [1.82, 2.24) is 10.2 Å². The number of carbonyl (C=O) groups excluding carboxylic acids is 2. The van der Waals surface area contributed by atoms with E-state index in [-0.39, 0.29) is 30.0 Å². The van der Waals surface area contributed by atoms with E-state index in [1.54, 1.807) is 51.8 Å². The Morgan fingerprint density at radius 2 is 1.62 bits per heavy atom. The number of phenols is 1. The standard InChI is InChI=1S/C25H28N2O3S2/c28-20-12-10-18(11-13-20)24(25(30)26-19-6-2-1-3-7-19)27(17-22-9-5-15-32-22)23(29)16-21-8-4-14-31-21/h4-5,8-15,19,24,28H,1-3,6-7,16-17H2,(H,26,30). The number of amides is 2. The van der Waals surface area contributed by atoms with Gasteiger partial charge >= 0.3 is 0 Å². The molecule has 1 fully saturated rings. The third kappa shape index (κ3) is 5.78. The second-order valence-electron chi connectivity index (χ2n) is 8.19. The van der Waals surface area contributed by atoms with Crippen LogP contribution in [0.2, 0.25) is 0 Å². The van der Waals surface area contributed by atoms with Gasteiger partial charge in [-0.1, -0.05) is 43.5 Å². The van der Waals surface area contributed by atoms with E-state index >= 15 is 0 Å². The van der Waals surface area contributed by atoms with Crippen molar-refractivity contribution in [3.63, 3.8) is 0 Å². The van der Waals surface area contributed by atoms with E-state index < -0.39 is 6.04 Å². The smallest absolute Gasteiger partial charge is 0.247 e. The number of nitrogens with zero attached hydrogens (tertiary/aromatic N) is 1. The molecule has 2 N–H and O–H groups in total. The lowest BCUT2D eigenvalue weighted by Crippen LogP contribution is -2.47. The van der Waals surface area contributed by atoms with Gasteiger partial charge in [0.15, 0.2) is 0 Å². The molecule has 1 unspecified atom stereocenters. The lowest BCUT2D eigenvalue weighted by atomic mass is 9.94. The first kappa shape index (κ1) is 22.6. The Morgan fingerprint density at radius 3 is 2.25 bits per heavy atom. The summed E-state index contributed by atoms with van der Waals surface area (Å²) >= 11 is 3.12. The van der Waals surface area contributed by atoms with Crippen LogP contribution in [0.3, 0.4) is 0 Å². The lowest BCUT2D eigenvalue weighted by Gasteiger charge is -2.33. The van der Waals surface area contributed by atoms with E-state index in [1.165, 1.54) is 6.42 Å². The van der Waals surface area contributed by atoms with Crippen molar-refractivity contribution in [2.75, 3.05) is 0 Å². The van der Waals surface area contributed by atoms with Crippen molar-refractivity contribution < 1.29 is 14.7 Å². The fraction of sp³-hybridized carbons (Fsp3) is 0.360. The van der Waals surface area contributed by atoms with Crippen LogP contribution in [0.15, 0.2) is 59.3 Å². The maximum Gasteiger partial charge on any atom is 0.247 e. The zero-order valence-corrected chi connectivity index (χ0v) is 19.5. The van der Waals surface area contributed by atoms with Gasteiger partial charge in [0.2, 0.25) is 11.8 Å². The number of thiophene rings is 2. The molecule has 2 amide bonds. The van der Waals surface area contributed by atoms with Crippen LogP contribution >= 0.6 is 22.7 Å². The molecule has 1 aliphatic carbocycles. The molecule has 1 atom stereocenters. The van der Waals surface area contributed by atoms with Gasteiger partial charge in [-0.15, -0.1) is 22.7 Å². The Morgan fingerprint density at radius 1 is 0.969 bits per heavy atom. The van der Waals surface area contributed by atoms with E-state index in [0.29, 0.717) is 12.1 Å². The number of phenolic OH excluding ortho intramolecular Hbond substituents is 1. The third-order valence-electron chi connectivity index (χ3n) is 5.85. The van der Waals surface area contributed by atoms with Crippen molar-refractivity contribution in [3.05, 3.63) is 74.6 Å². The van der Waals surface area contributed by atoms with E-state index in [2.05, 4.69) is 5.32 Å². The first-order chi connectivity index (χ1) is 15.6. The first-order valence-corrected chi connectivity index (χ1v) is 12.8. The Bertz CT molecular complexity index is 995. The molecule has 168 valence electrons. The monoisotopic (exact) mass is 468 g/mol. The van der Waals surface area contributed by atoms with Crippen LogP contribution in [-0.2, 0) is 22.6 Å². The van der Waals surface area contributed by atoms with Crippen molar-refractivity contribution in [2.45, 2.75) is 57.2 Å². The highest BCUT2D eigenvalue weighted by molar-refractivity contribution is 7.10. The fourth-order valence-corrected chi connectivity index (χ4v) is 5.61. The predicted molar refractivity (Wildman–Crippen MR) is 129 cm³/mol. The normalized spacial score (nSPS) is 15.2. The summed E-state index contributed by atoms with van der Waals surface area (Å²) in [7, 11) is 0. The van der Waals surface area contributed by atoms with Crippen molar-refractivity contribution in [3.8, 4) is 5.75 Å². The van der Waals surface area contributed by atoms with Crippen LogP contribution in [0.1, 0.15) is 53.5 Å². The molecule has 5 nitrogen and oxygen atoms in total. The number of carbonyl (C=O) groups is 2. The number of nitrogens with one attached hydrogen (secondary N) is 1. The molecule has 0 aliphatic heterocycles. The van der Waals surface area contributed by atoms with Crippen molar-refractivity contribution in [2.24, 2.45) is 0 Å². The summed E-state index contributed by atoms with van der Waals surface area (Å²) in [5.41, 5.74) is 0.701. The van der Waals surface area contributed by atoms with Gasteiger partial charge in [-0.25, -0.2) is 0 Å². The zero-order chi connectivity index (χ0) is 22.3. The summed E-state index contributed by atoms with van der Waals surface area (Å²) in [5, 5.41) is 16.9. The Balaban J connectivity index is 1.66. The van der Waals surface area contributed by atoms with E-state index in [4.69, 9.17) is 0 Å². The average Bonchev–Trinajstić information content (AvgIpc) is 3.49. The number of rotatable bonds is 8. The molecule has 0 spiro atoms. The molecule has 1 aromatic carbocycles. The molecule has 0 bridgehead atoms.